The number of fused-ring (bicyclic) bond motifs is 1. The van der Waals surface area contributed by atoms with Gasteiger partial charge in [0, 0.05) is 23.8 Å². The summed E-state index contributed by atoms with van der Waals surface area (Å²) in [6, 6.07) is 14.2. The monoisotopic (exact) mass is 285 g/mol. The van der Waals surface area contributed by atoms with Crippen molar-refractivity contribution in [3.05, 3.63) is 71.1 Å². The number of aromatic nitrogens is 2. The van der Waals surface area contributed by atoms with Crippen LogP contribution in [0.1, 0.15) is 24.2 Å². The van der Waals surface area contributed by atoms with E-state index < -0.39 is 0 Å². The van der Waals surface area contributed by atoms with Crippen LogP contribution >= 0.6 is 11.6 Å². The van der Waals surface area contributed by atoms with Gasteiger partial charge in [-0.25, -0.2) is 4.98 Å². The maximum Gasteiger partial charge on any atom is 0.136 e. The fraction of sp³-hybridized carbons (Fsp3) is 0.188. The van der Waals surface area contributed by atoms with Gasteiger partial charge in [0.15, 0.2) is 0 Å². The van der Waals surface area contributed by atoms with Gasteiger partial charge >= 0.3 is 0 Å². The van der Waals surface area contributed by atoms with E-state index in [1.807, 2.05) is 48.8 Å². The van der Waals surface area contributed by atoms with Crippen LogP contribution in [0.4, 0.5) is 0 Å². The van der Waals surface area contributed by atoms with Gasteiger partial charge in [-0.1, -0.05) is 29.8 Å². The minimum absolute atomic E-state index is 0.239. The first-order valence-electron chi connectivity index (χ1n) is 6.64. The Balaban J connectivity index is 1.73. The van der Waals surface area contributed by atoms with Crippen LogP contribution in [0.2, 0.25) is 5.02 Å². The number of rotatable bonds is 4. The first-order valence-corrected chi connectivity index (χ1v) is 7.01. The number of hydrogen-bond acceptors (Lipinski definition) is 2. The summed E-state index contributed by atoms with van der Waals surface area (Å²) in [5.41, 5.74) is 3.31. The molecule has 0 bridgehead atoms. The number of halogens is 1. The molecule has 1 aromatic carbocycles. The number of hydrogen-bond donors (Lipinski definition) is 1. The number of nitrogens with zero attached hydrogens (tertiary/aromatic N) is 2. The van der Waals surface area contributed by atoms with Crippen molar-refractivity contribution in [1.29, 1.82) is 0 Å². The second kappa shape index (κ2) is 5.65. The molecule has 0 saturated carbocycles. The van der Waals surface area contributed by atoms with E-state index in [0.717, 1.165) is 22.9 Å². The Bertz CT molecular complexity index is 720. The lowest BCUT2D eigenvalue weighted by Crippen LogP contribution is -2.18. The average Bonchev–Trinajstić information content (AvgIpc) is 2.88. The molecule has 0 aliphatic rings. The van der Waals surface area contributed by atoms with Crippen molar-refractivity contribution in [2.45, 2.75) is 19.5 Å². The molecule has 0 aliphatic carbocycles. The molecule has 4 heteroatoms. The predicted molar refractivity (Wildman–Crippen MR) is 81.9 cm³/mol. The second-order valence-corrected chi connectivity index (χ2v) is 5.27. The minimum Gasteiger partial charge on any atom is -0.305 e. The van der Waals surface area contributed by atoms with Crippen molar-refractivity contribution in [3.63, 3.8) is 0 Å². The van der Waals surface area contributed by atoms with Crippen LogP contribution in [0.3, 0.4) is 0 Å². The van der Waals surface area contributed by atoms with Crippen LogP contribution in [-0.2, 0) is 6.54 Å². The fourth-order valence-corrected chi connectivity index (χ4v) is 2.47. The van der Waals surface area contributed by atoms with Crippen LogP contribution < -0.4 is 5.32 Å². The third-order valence-electron chi connectivity index (χ3n) is 3.43. The van der Waals surface area contributed by atoms with Crippen molar-refractivity contribution in [3.8, 4) is 0 Å². The molecule has 0 saturated heterocycles. The first-order chi connectivity index (χ1) is 9.74. The smallest absolute Gasteiger partial charge is 0.136 e. The highest BCUT2D eigenvalue weighted by Gasteiger charge is 2.07. The van der Waals surface area contributed by atoms with Gasteiger partial charge in [-0.15, -0.1) is 0 Å². The molecular formula is C16H16ClN3. The molecule has 2 aromatic heterocycles. The number of pyridine rings is 1. The summed E-state index contributed by atoms with van der Waals surface area (Å²) in [5, 5.41) is 4.27. The summed E-state index contributed by atoms with van der Waals surface area (Å²) >= 11 is 6.02. The lowest BCUT2D eigenvalue weighted by molar-refractivity contribution is 0.566. The summed E-state index contributed by atoms with van der Waals surface area (Å²) < 4.78 is 2.09. The third kappa shape index (κ3) is 2.69. The third-order valence-corrected chi connectivity index (χ3v) is 3.67. The summed E-state index contributed by atoms with van der Waals surface area (Å²) in [6.07, 6.45) is 3.94. The Morgan fingerprint density at radius 1 is 1.25 bits per heavy atom. The Labute approximate surface area is 123 Å². The van der Waals surface area contributed by atoms with Crippen LogP contribution in [0, 0.1) is 0 Å². The molecule has 1 N–H and O–H groups in total. The number of benzene rings is 1. The van der Waals surface area contributed by atoms with Gasteiger partial charge in [0.25, 0.3) is 0 Å². The molecule has 0 aliphatic heterocycles. The van der Waals surface area contributed by atoms with Crippen LogP contribution in [0.25, 0.3) is 5.65 Å². The predicted octanol–water partition coefficient (Wildman–Crippen LogP) is 3.84. The SMILES string of the molecule is C[C@H](NCc1cnc2ccccn12)c1cccc(Cl)c1. The number of imidazole rings is 1. The maximum atomic E-state index is 6.02. The average molecular weight is 286 g/mol. The molecule has 3 rings (SSSR count). The van der Waals surface area contributed by atoms with Crippen LogP contribution in [0.15, 0.2) is 54.9 Å². The topological polar surface area (TPSA) is 29.3 Å². The van der Waals surface area contributed by atoms with Crippen molar-refractivity contribution < 1.29 is 0 Å². The zero-order valence-electron chi connectivity index (χ0n) is 11.3. The Morgan fingerprint density at radius 2 is 2.15 bits per heavy atom. The van der Waals surface area contributed by atoms with E-state index in [1.165, 1.54) is 5.56 Å². The van der Waals surface area contributed by atoms with Gasteiger partial charge in [-0.2, -0.15) is 0 Å². The van der Waals surface area contributed by atoms with Crippen LogP contribution in [0.5, 0.6) is 0 Å². The molecule has 0 fully saturated rings. The standard InChI is InChI=1S/C16H16ClN3/c1-12(13-5-4-6-14(17)9-13)18-10-15-11-19-16-7-2-3-8-20(15)16/h2-9,11-12,18H,10H2,1H3/t12-/m0/s1. The van der Waals surface area contributed by atoms with Crippen LogP contribution in [-0.4, -0.2) is 9.38 Å². The van der Waals surface area contributed by atoms with Crippen molar-refractivity contribution in [2.24, 2.45) is 0 Å². The van der Waals surface area contributed by atoms with Gasteiger partial charge < -0.3 is 9.72 Å². The molecule has 20 heavy (non-hydrogen) atoms. The first kappa shape index (κ1) is 13.2. The van der Waals surface area contributed by atoms with E-state index in [-0.39, 0.29) is 6.04 Å². The lowest BCUT2D eigenvalue weighted by atomic mass is 10.1. The normalized spacial score (nSPS) is 12.7. The van der Waals surface area contributed by atoms with Gasteiger partial charge in [-0.3, -0.25) is 0 Å². The molecule has 0 unspecified atom stereocenters. The molecule has 0 amide bonds. The molecule has 0 spiro atoms. The maximum absolute atomic E-state index is 6.02. The largest absolute Gasteiger partial charge is 0.305 e. The Morgan fingerprint density at radius 3 is 3.00 bits per heavy atom. The zero-order chi connectivity index (χ0) is 13.9. The summed E-state index contributed by atoms with van der Waals surface area (Å²) in [4.78, 5) is 4.39. The van der Waals surface area contributed by atoms with E-state index >= 15 is 0 Å². The number of nitrogens with one attached hydrogen (secondary N) is 1. The molecule has 2 heterocycles. The highest BCUT2D eigenvalue weighted by atomic mass is 35.5. The molecular weight excluding hydrogens is 270 g/mol. The summed E-state index contributed by atoms with van der Waals surface area (Å²) in [6.45, 7) is 2.90. The molecule has 0 radical (unpaired) electrons. The Kier molecular flexibility index (Phi) is 3.72. The molecule has 3 aromatic rings. The second-order valence-electron chi connectivity index (χ2n) is 4.84. The summed E-state index contributed by atoms with van der Waals surface area (Å²) in [5.74, 6) is 0. The van der Waals surface area contributed by atoms with Crippen molar-refractivity contribution >= 4 is 17.2 Å². The molecule has 102 valence electrons. The van der Waals surface area contributed by atoms with Gasteiger partial charge in [0.2, 0.25) is 0 Å². The summed E-state index contributed by atoms with van der Waals surface area (Å²) in [7, 11) is 0. The van der Waals surface area contributed by atoms with Gasteiger partial charge in [0.05, 0.1) is 11.9 Å². The van der Waals surface area contributed by atoms with Gasteiger partial charge in [-0.05, 0) is 36.8 Å². The lowest BCUT2D eigenvalue weighted by Gasteiger charge is -2.14. The minimum atomic E-state index is 0.239. The van der Waals surface area contributed by atoms with Gasteiger partial charge in [0.1, 0.15) is 5.65 Å². The highest BCUT2D eigenvalue weighted by molar-refractivity contribution is 6.30. The highest BCUT2D eigenvalue weighted by Crippen LogP contribution is 2.18. The Hall–Kier alpha value is -1.84. The molecule has 3 nitrogen and oxygen atoms in total. The quantitative estimate of drug-likeness (QED) is 0.789. The van der Waals surface area contributed by atoms with E-state index in [0.29, 0.717) is 0 Å². The van der Waals surface area contributed by atoms with E-state index in [1.54, 1.807) is 0 Å². The van der Waals surface area contributed by atoms with Crippen molar-refractivity contribution in [1.82, 2.24) is 14.7 Å². The molecule has 1 atom stereocenters. The van der Waals surface area contributed by atoms with E-state index in [2.05, 4.69) is 27.7 Å². The van der Waals surface area contributed by atoms with E-state index in [9.17, 15) is 0 Å². The zero-order valence-corrected chi connectivity index (χ0v) is 12.0. The van der Waals surface area contributed by atoms with Crippen molar-refractivity contribution in [2.75, 3.05) is 0 Å². The fourth-order valence-electron chi connectivity index (χ4n) is 2.27. The van der Waals surface area contributed by atoms with E-state index in [4.69, 9.17) is 11.6 Å².